The first-order valence-electron chi connectivity index (χ1n) is 7.31. The van der Waals surface area contributed by atoms with Gasteiger partial charge < -0.3 is 10.1 Å². The van der Waals surface area contributed by atoms with E-state index in [-0.39, 0.29) is 16.3 Å². The zero-order valence-corrected chi connectivity index (χ0v) is 14.8. The normalized spacial score (nSPS) is 11.6. The minimum absolute atomic E-state index is 0.110. The van der Waals surface area contributed by atoms with Crippen molar-refractivity contribution in [1.29, 1.82) is 0 Å². The molecule has 0 bridgehead atoms. The van der Waals surface area contributed by atoms with Crippen molar-refractivity contribution in [3.05, 3.63) is 58.9 Å². The number of anilines is 1. The van der Waals surface area contributed by atoms with Crippen LogP contribution in [-0.4, -0.2) is 28.4 Å². The number of nitrogens with one attached hydrogen (secondary N) is 1. The molecule has 0 aliphatic carbocycles. The maximum absolute atomic E-state index is 13.6. The van der Waals surface area contributed by atoms with Crippen molar-refractivity contribution in [1.82, 2.24) is 0 Å². The van der Waals surface area contributed by atoms with Gasteiger partial charge in [0.05, 0.1) is 26.9 Å². The van der Waals surface area contributed by atoms with Crippen LogP contribution in [-0.2, 0) is 20.3 Å². The van der Waals surface area contributed by atoms with E-state index in [2.05, 4.69) is 5.32 Å². The lowest BCUT2D eigenvalue weighted by Gasteiger charge is -2.10. The summed E-state index contributed by atoms with van der Waals surface area (Å²) < 4.78 is 30.4. The van der Waals surface area contributed by atoms with Gasteiger partial charge in [0.25, 0.3) is 5.91 Å². The molecule has 0 aliphatic rings. The Morgan fingerprint density at radius 1 is 1.24 bits per heavy atom. The zero-order chi connectivity index (χ0) is 18.4. The molecule has 0 saturated heterocycles. The molecule has 0 heterocycles. The van der Waals surface area contributed by atoms with Gasteiger partial charge in [-0.3, -0.25) is 9.00 Å². The van der Waals surface area contributed by atoms with E-state index in [1.807, 2.05) is 0 Å². The van der Waals surface area contributed by atoms with Crippen LogP contribution in [0.1, 0.15) is 17.3 Å². The highest BCUT2D eigenvalue weighted by atomic mass is 35.5. The van der Waals surface area contributed by atoms with Crippen LogP contribution >= 0.6 is 11.6 Å². The highest BCUT2D eigenvalue weighted by Gasteiger charge is 2.17. The third kappa shape index (κ3) is 5.11. The molecule has 0 aliphatic heterocycles. The molecule has 1 N–H and O–H groups in total. The van der Waals surface area contributed by atoms with Crippen LogP contribution in [0, 0.1) is 5.82 Å². The Bertz CT molecular complexity index is 828. The average Bonchev–Trinajstić information content (AvgIpc) is 2.62. The molecule has 1 atom stereocenters. The summed E-state index contributed by atoms with van der Waals surface area (Å²) in [6.07, 6.45) is 0. The molecule has 2 rings (SSSR count). The lowest BCUT2D eigenvalue weighted by molar-refractivity contribution is -0.119. The van der Waals surface area contributed by atoms with Crippen LogP contribution in [0.3, 0.4) is 0 Å². The SMILES string of the molecule is CC[S@@](=O)c1ccccc1C(=O)OCC(=O)Nc1cc(Cl)ccc1F. The quantitative estimate of drug-likeness (QED) is 0.776. The second-order valence-electron chi connectivity index (χ2n) is 4.88. The predicted octanol–water partition coefficient (Wildman–Crippen LogP) is 3.40. The number of amides is 1. The number of ether oxygens (including phenoxy) is 1. The summed E-state index contributed by atoms with van der Waals surface area (Å²) in [4.78, 5) is 24.3. The molecule has 0 radical (unpaired) electrons. The summed E-state index contributed by atoms with van der Waals surface area (Å²) in [6.45, 7) is 1.11. The molecule has 25 heavy (non-hydrogen) atoms. The number of benzene rings is 2. The number of esters is 1. The van der Waals surface area contributed by atoms with Crippen molar-refractivity contribution < 1.29 is 22.9 Å². The minimum Gasteiger partial charge on any atom is -0.452 e. The Morgan fingerprint density at radius 3 is 2.68 bits per heavy atom. The van der Waals surface area contributed by atoms with Crippen LogP contribution < -0.4 is 5.32 Å². The van der Waals surface area contributed by atoms with Gasteiger partial charge in [-0.1, -0.05) is 30.7 Å². The van der Waals surface area contributed by atoms with Crippen molar-refractivity contribution in [2.24, 2.45) is 0 Å². The van der Waals surface area contributed by atoms with Crippen LogP contribution in [0.2, 0.25) is 5.02 Å². The Labute approximate surface area is 151 Å². The van der Waals surface area contributed by atoms with E-state index < -0.39 is 35.1 Å². The fraction of sp³-hybridized carbons (Fsp3) is 0.176. The highest BCUT2D eigenvalue weighted by molar-refractivity contribution is 7.85. The molecular formula is C17H15ClFNO4S. The molecule has 2 aromatic rings. The number of rotatable bonds is 6. The van der Waals surface area contributed by atoms with Gasteiger partial charge in [-0.25, -0.2) is 9.18 Å². The molecule has 132 valence electrons. The van der Waals surface area contributed by atoms with Crippen molar-refractivity contribution in [2.45, 2.75) is 11.8 Å². The van der Waals surface area contributed by atoms with Crippen molar-refractivity contribution in [3.63, 3.8) is 0 Å². The minimum atomic E-state index is -1.34. The van der Waals surface area contributed by atoms with Gasteiger partial charge in [0.15, 0.2) is 6.61 Å². The Balaban J connectivity index is 2.02. The summed E-state index contributed by atoms with van der Waals surface area (Å²) in [5.41, 5.74) is 0.0189. The second-order valence-corrected chi connectivity index (χ2v) is 7.02. The molecule has 5 nitrogen and oxygen atoms in total. The molecule has 1 amide bonds. The molecule has 0 saturated carbocycles. The third-order valence-electron chi connectivity index (χ3n) is 3.15. The number of hydrogen-bond donors (Lipinski definition) is 1. The van der Waals surface area contributed by atoms with Crippen molar-refractivity contribution >= 4 is 40.0 Å². The number of carbonyl (C=O) groups excluding carboxylic acids is 2. The first-order valence-corrected chi connectivity index (χ1v) is 9.01. The lowest BCUT2D eigenvalue weighted by Crippen LogP contribution is -2.22. The Morgan fingerprint density at radius 2 is 1.96 bits per heavy atom. The van der Waals surface area contributed by atoms with Gasteiger partial charge in [-0.2, -0.15) is 0 Å². The van der Waals surface area contributed by atoms with Gasteiger partial charge in [0.1, 0.15) is 5.82 Å². The summed E-state index contributed by atoms with van der Waals surface area (Å²) >= 11 is 5.74. The van der Waals surface area contributed by atoms with Crippen molar-refractivity contribution in [3.8, 4) is 0 Å². The van der Waals surface area contributed by atoms with Crippen LogP contribution in [0.4, 0.5) is 10.1 Å². The Kier molecular flexibility index (Phi) is 6.66. The van der Waals surface area contributed by atoms with E-state index in [4.69, 9.17) is 16.3 Å². The third-order valence-corrected chi connectivity index (χ3v) is 4.76. The molecule has 2 aromatic carbocycles. The van der Waals surface area contributed by atoms with E-state index in [0.29, 0.717) is 10.6 Å². The van der Waals surface area contributed by atoms with Gasteiger partial charge >= 0.3 is 5.97 Å². The summed E-state index contributed by atoms with van der Waals surface area (Å²) in [5, 5.41) is 2.53. The fourth-order valence-corrected chi connectivity index (χ4v) is 3.09. The number of hydrogen-bond acceptors (Lipinski definition) is 4. The van der Waals surface area contributed by atoms with Gasteiger partial charge in [-0.05, 0) is 30.3 Å². The van der Waals surface area contributed by atoms with Crippen molar-refractivity contribution in [2.75, 3.05) is 17.7 Å². The summed E-state index contributed by atoms with van der Waals surface area (Å²) in [7, 11) is -1.34. The highest BCUT2D eigenvalue weighted by Crippen LogP contribution is 2.19. The predicted molar refractivity (Wildman–Crippen MR) is 93.7 cm³/mol. The lowest BCUT2D eigenvalue weighted by atomic mass is 10.2. The van der Waals surface area contributed by atoms with Crippen LogP contribution in [0.5, 0.6) is 0 Å². The monoisotopic (exact) mass is 383 g/mol. The van der Waals surface area contributed by atoms with E-state index in [0.717, 1.165) is 6.07 Å². The molecule has 8 heteroatoms. The summed E-state index contributed by atoms with van der Waals surface area (Å²) in [6, 6.07) is 10.0. The summed E-state index contributed by atoms with van der Waals surface area (Å²) in [5.74, 6) is -1.81. The molecule has 0 spiro atoms. The first-order chi connectivity index (χ1) is 11.9. The van der Waals surface area contributed by atoms with E-state index in [1.54, 1.807) is 25.1 Å². The zero-order valence-electron chi connectivity index (χ0n) is 13.3. The molecule has 0 aromatic heterocycles. The van der Waals surface area contributed by atoms with Crippen LogP contribution in [0.15, 0.2) is 47.4 Å². The van der Waals surface area contributed by atoms with E-state index in [9.17, 15) is 18.2 Å². The molecular weight excluding hydrogens is 369 g/mol. The second kappa shape index (κ2) is 8.73. The molecule has 0 fully saturated rings. The fourth-order valence-electron chi connectivity index (χ4n) is 1.98. The smallest absolute Gasteiger partial charge is 0.339 e. The topological polar surface area (TPSA) is 72.5 Å². The van der Waals surface area contributed by atoms with Gasteiger partial charge in [0.2, 0.25) is 0 Å². The average molecular weight is 384 g/mol. The first kappa shape index (κ1) is 19.1. The maximum atomic E-state index is 13.6. The van der Waals surface area contributed by atoms with E-state index in [1.165, 1.54) is 18.2 Å². The van der Waals surface area contributed by atoms with Crippen LogP contribution in [0.25, 0.3) is 0 Å². The maximum Gasteiger partial charge on any atom is 0.339 e. The van der Waals surface area contributed by atoms with E-state index >= 15 is 0 Å². The number of halogens is 2. The molecule has 0 unspecified atom stereocenters. The number of carbonyl (C=O) groups is 2. The Hall–Kier alpha value is -2.25. The van der Waals surface area contributed by atoms with Gasteiger partial charge in [0, 0.05) is 10.8 Å². The van der Waals surface area contributed by atoms with Gasteiger partial charge in [-0.15, -0.1) is 0 Å². The standard InChI is InChI=1S/C17H15ClFNO4S/c1-2-25(23)15-6-4-3-5-12(15)17(22)24-10-16(21)20-14-9-11(18)7-8-13(14)19/h3-9H,2,10H2,1H3,(H,20,21)/t25-/m1/s1. The largest absolute Gasteiger partial charge is 0.452 e.